The van der Waals surface area contributed by atoms with E-state index in [4.69, 9.17) is 0 Å². The number of ether oxygens (including phenoxy) is 1. The molecule has 1 rings (SSSR count). The molecule has 0 amide bonds. The van der Waals surface area contributed by atoms with Crippen LogP contribution in [-0.4, -0.2) is 16.4 Å². The van der Waals surface area contributed by atoms with Gasteiger partial charge in [-0.1, -0.05) is 0 Å². The Bertz CT molecular complexity index is 211. The maximum absolute atomic E-state index is 11.5. The van der Waals surface area contributed by atoms with Crippen molar-refractivity contribution in [2.75, 3.05) is 0 Å². The van der Waals surface area contributed by atoms with Gasteiger partial charge in [-0.3, -0.25) is 0 Å². The first-order valence-electron chi connectivity index (χ1n) is 2.63. The molecule has 1 aromatic rings. The molecule has 0 spiro atoms. The van der Waals surface area contributed by atoms with Crippen molar-refractivity contribution < 1.29 is 13.5 Å². The standard InChI is InChI=1S/C5H6F2N2O/c1-9-4(2-3-8-9)10-5(6)7/h2-3,5H,1H3. The fourth-order valence-corrected chi connectivity index (χ4v) is 0.569. The van der Waals surface area contributed by atoms with Crippen LogP contribution < -0.4 is 4.74 Å². The zero-order valence-corrected chi connectivity index (χ0v) is 5.29. The van der Waals surface area contributed by atoms with E-state index in [0.717, 1.165) is 0 Å². The molecular weight excluding hydrogens is 142 g/mol. The summed E-state index contributed by atoms with van der Waals surface area (Å²) in [5, 5.41) is 3.63. The summed E-state index contributed by atoms with van der Waals surface area (Å²) in [4.78, 5) is 0. The second-order valence-corrected chi connectivity index (χ2v) is 1.67. The van der Waals surface area contributed by atoms with Crippen molar-refractivity contribution in [1.29, 1.82) is 0 Å². The van der Waals surface area contributed by atoms with Gasteiger partial charge in [0, 0.05) is 13.1 Å². The minimum absolute atomic E-state index is 0.0648. The van der Waals surface area contributed by atoms with Crippen molar-refractivity contribution in [1.82, 2.24) is 9.78 Å². The summed E-state index contributed by atoms with van der Waals surface area (Å²) in [5.74, 6) is 0.0648. The Morgan fingerprint density at radius 3 is 2.80 bits per heavy atom. The Morgan fingerprint density at radius 2 is 2.40 bits per heavy atom. The van der Waals surface area contributed by atoms with Crippen LogP contribution in [0, 0.1) is 0 Å². The number of alkyl halides is 2. The molecule has 0 unspecified atom stereocenters. The first-order valence-corrected chi connectivity index (χ1v) is 2.63. The molecule has 0 saturated heterocycles. The fraction of sp³-hybridized carbons (Fsp3) is 0.400. The van der Waals surface area contributed by atoms with E-state index in [1.807, 2.05) is 0 Å². The third-order valence-electron chi connectivity index (χ3n) is 0.986. The maximum Gasteiger partial charge on any atom is 0.388 e. The smallest absolute Gasteiger partial charge is 0.388 e. The van der Waals surface area contributed by atoms with Gasteiger partial charge in [0.2, 0.25) is 5.88 Å². The van der Waals surface area contributed by atoms with Crippen molar-refractivity contribution in [3.8, 4) is 5.88 Å². The monoisotopic (exact) mass is 148 g/mol. The molecule has 0 atom stereocenters. The number of hydrogen-bond acceptors (Lipinski definition) is 2. The van der Waals surface area contributed by atoms with Gasteiger partial charge in [-0.05, 0) is 0 Å². The van der Waals surface area contributed by atoms with E-state index >= 15 is 0 Å². The van der Waals surface area contributed by atoms with Crippen molar-refractivity contribution in [2.24, 2.45) is 7.05 Å². The highest BCUT2D eigenvalue weighted by molar-refractivity contribution is 5.06. The summed E-state index contributed by atoms with van der Waals surface area (Å²) >= 11 is 0. The molecule has 0 bridgehead atoms. The van der Waals surface area contributed by atoms with Gasteiger partial charge in [0.25, 0.3) is 0 Å². The lowest BCUT2D eigenvalue weighted by Crippen LogP contribution is -2.05. The largest absolute Gasteiger partial charge is 0.417 e. The molecule has 0 aliphatic carbocycles. The van der Waals surface area contributed by atoms with E-state index in [1.54, 1.807) is 0 Å². The average molecular weight is 148 g/mol. The third-order valence-corrected chi connectivity index (χ3v) is 0.986. The first-order chi connectivity index (χ1) is 4.70. The molecule has 0 radical (unpaired) electrons. The molecule has 0 fully saturated rings. The van der Waals surface area contributed by atoms with Gasteiger partial charge in [-0.25, -0.2) is 4.68 Å². The van der Waals surface area contributed by atoms with Gasteiger partial charge in [0.1, 0.15) is 0 Å². The summed E-state index contributed by atoms with van der Waals surface area (Å²) < 4.78 is 28.3. The lowest BCUT2D eigenvalue weighted by molar-refractivity contribution is -0.0553. The van der Waals surface area contributed by atoms with Crippen LogP contribution in [0.15, 0.2) is 12.3 Å². The quantitative estimate of drug-likeness (QED) is 0.626. The highest BCUT2D eigenvalue weighted by atomic mass is 19.3. The fourth-order valence-electron chi connectivity index (χ4n) is 0.569. The lowest BCUT2D eigenvalue weighted by Gasteiger charge is -2.01. The number of halogens is 2. The maximum atomic E-state index is 11.5. The van der Waals surface area contributed by atoms with E-state index in [2.05, 4.69) is 9.84 Å². The van der Waals surface area contributed by atoms with Gasteiger partial charge < -0.3 is 4.74 Å². The second-order valence-electron chi connectivity index (χ2n) is 1.67. The summed E-state index contributed by atoms with van der Waals surface area (Å²) in [6.07, 6.45) is 1.39. The molecule has 56 valence electrons. The highest BCUT2D eigenvalue weighted by Gasteiger charge is 2.05. The Labute approximate surface area is 56.2 Å². The minimum Gasteiger partial charge on any atom is -0.417 e. The number of hydrogen-bond donors (Lipinski definition) is 0. The van der Waals surface area contributed by atoms with Gasteiger partial charge in [-0.2, -0.15) is 13.9 Å². The van der Waals surface area contributed by atoms with Crippen molar-refractivity contribution in [2.45, 2.75) is 6.61 Å². The molecule has 5 heteroatoms. The van der Waals surface area contributed by atoms with Crippen LogP contribution in [0.4, 0.5) is 8.78 Å². The molecular formula is C5H6F2N2O. The van der Waals surface area contributed by atoms with Crippen molar-refractivity contribution in [3.05, 3.63) is 12.3 Å². The molecule has 0 N–H and O–H groups in total. The predicted molar refractivity (Wildman–Crippen MR) is 29.8 cm³/mol. The number of nitrogens with zero attached hydrogens (tertiary/aromatic N) is 2. The zero-order chi connectivity index (χ0) is 7.56. The molecule has 3 nitrogen and oxygen atoms in total. The first kappa shape index (κ1) is 6.98. The minimum atomic E-state index is -2.78. The van der Waals surface area contributed by atoms with Crippen LogP contribution in [0.5, 0.6) is 5.88 Å². The SMILES string of the molecule is Cn1nccc1OC(F)F. The van der Waals surface area contributed by atoms with E-state index in [9.17, 15) is 8.78 Å². The second kappa shape index (κ2) is 2.64. The summed E-state index contributed by atoms with van der Waals surface area (Å²) in [5.41, 5.74) is 0. The van der Waals surface area contributed by atoms with Crippen molar-refractivity contribution >= 4 is 0 Å². The summed E-state index contributed by atoms with van der Waals surface area (Å²) in [6, 6.07) is 1.37. The van der Waals surface area contributed by atoms with Crippen LogP contribution in [0.3, 0.4) is 0 Å². The molecule has 0 aromatic carbocycles. The predicted octanol–water partition coefficient (Wildman–Crippen LogP) is 1.02. The van der Waals surface area contributed by atoms with Crippen LogP contribution in [-0.2, 0) is 7.05 Å². The summed E-state index contributed by atoms with van der Waals surface area (Å²) in [7, 11) is 1.53. The van der Waals surface area contributed by atoms with Gasteiger partial charge in [0.05, 0.1) is 6.20 Å². The van der Waals surface area contributed by atoms with E-state index in [-0.39, 0.29) is 5.88 Å². The van der Waals surface area contributed by atoms with E-state index in [0.29, 0.717) is 0 Å². The van der Waals surface area contributed by atoms with Crippen LogP contribution in [0.1, 0.15) is 0 Å². The van der Waals surface area contributed by atoms with Crippen molar-refractivity contribution in [3.63, 3.8) is 0 Å². The lowest BCUT2D eigenvalue weighted by atomic mass is 10.7. The van der Waals surface area contributed by atoms with Crippen LogP contribution in [0.25, 0.3) is 0 Å². The molecule has 1 aromatic heterocycles. The van der Waals surface area contributed by atoms with Gasteiger partial charge >= 0.3 is 6.61 Å². The molecule has 1 heterocycles. The number of aryl methyl sites for hydroxylation is 1. The highest BCUT2D eigenvalue weighted by Crippen LogP contribution is 2.10. The van der Waals surface area contributed by atoms with Gasteiger partial charge in [0.15, 0.2) is 0 Å². The molecule has 0 aliphatic rings. The Kier molecular flexibility index (Phi) is 1.84. The molecule has 0 aliphatic heterocycles. The summed E-state index contributed by atoms with van der Waals surface area (Å²) in [6.45, 7) is -2.78. The number of rotatable bonds is 2. The Morgan fingerprint density at radius 1 is 1.70 bits per heavy atom. The Hall–Kier alpha value is -1.13. The topological polar surface area (TPSA) is 27.1 Å². The zero-order valence-electron chi connectivity index (χ0n) is 5.29. The normalized spacial score (nSPS) is 10.4. The molecule has 0 saturated carbocycles. The third kappa shape index (κ3) is 1.43. The Balaban J connectivity index is 2.65. The van der Waals surface area contributed by atoms with Gasteiger partial charge in [-0.15, -0.1) is 0 Å². The molecule has 10 heavy (non-hydrogen) atoms. The van der Waals surface area contributed by atoms with Crippen LogP contribution in [0.2, 0.25) is 0 Å². The average Bonchev–Trinajstić information content (AvgIpc) is 2.15. The van der Waals surface area contributed by atoms with Crippen LogP contribution >= 0.6 is 0 Å². The van der Waals surface area contributed by atoms with E-state index in [1.165, 1.54) is 24.0 Å². The number of aromatic nitrogens is 2. The van der Waals surface area contributed by atoms with E-state index < -0.39 is 6.61 Å².